The number of carboxylic acids is 1. The minimum Gasteiger partial charge on any atom is -0.478 e. The fourth-order valence-corrected chi connectivity index (χ4v) is 2.65. The molecule has 2 heterocycles. The van der Waals surface area contributed by atoms with Gasteiger partial charge in [-0.2, -0.15) is 0 Å². The van der Waals surface area contributed by atoms with Crippen molar-refractivity contribution in [3.05, 3.63) is 52.4 Å². The highest BCUT2D eigenvalue weighted by Crippen LogP contribution is 2.26. The second-order valence-corrected chi connectivity index (χ2v) is 5.24. The molecule has 0 radical (unpaired) electrons. The minimum absolute atomic E-state index is 0.197. The van der Waals surface area contributed by atoms with Crippen LogP contribution in [0.25, 0.3) is 0 Å². The summed E-state index contributed by atoms with van der Waals surface area (Å²) in [6, 6.07) is 7.05. The molecule has 6 heteroatoms. The average Bonchev–Trinajstić information content (AvgIpc) is 2.38. The summed E-state index contributed by atoms with van der Waals surface area (Å²) in [5.41, 5.74) is 1.02. The normalized spacial score (nSPS) is 10.3. The van der Waals surface area contributed by atoms with Crippen molar-refractivity contribution in [3.8, 4) is 0 Å². The third-order valence-corrected chi connectivity index (χ3v) is 4.09. The van der Waals surface area contributed by atoms with E-state index in [0.717, 1.165) is 15.2 Å². The predicted molar refractivity (Wildman–Crippen MR) is 72.7 cm³/mol. The zero-order valence-electron chi connectivity index (χ0n) is 9.21. The molecule has 4 nitrogen and oxygen atoms in total. The first-order chi connectivity index (χ1) is 8.66. The molecule has 0 bridgehead atoms. The molecule has 2 aromatic heterocycles. The molecular weight excluding hydrogens is 316 g/mol. The van der Waals surface area contributed by atoms with Gasteiger partial charge in [-0.25, -0.2) is 9.78 Å². The minimum atomic E-state index is -0.964. The summed E-state index contributed by atoms with van der Waals surface area (Å²) in [5.74, 6) is -0.315. The van der Waals surface area contributed by atoms with Gasteiger partial charge < -0.3 is 5.11 Å². The van der Waals surface area contributed by atoms with Crippen molar-refractivity contribution in [2.75, 3.05) is 0 Å². The number of rotatable bonds is 4. The average molecular weight is 325 g/mol. The molecule has 18 heavy (non-hydrogen) atoms. The Morgan fingerprint density at radius 3 is 2.78 bits per heavy atom. The summed E-state index contributed by atoms with van der Waals surface area (Å²) < 4.78 is 0.942. The molecule has 0 saturated heterocycles. The van der Waals surface area contributed by atoms with Crippen molar-refractivity contribution in [2.24, 2.45) is 0 Å². The monoisotopic (exact) mass is 324 g/mol. The molecule has 0 fully saturated rings. The zero-order chi connectivity index (χ0) is 13.0. The Balaban J connectivity index is 2.02. The van der Waals surface area contributed by atoms with Gasteiger partial charge >= 0.3 is 5.97 Å². The number of pyridine rings is 2. The van der Waals surface area contributed by atoms with Crippen LogP contribution in [-0.2, 0) is 5.75 Å². The van der Waals surface area contributed by atoms with Gasteiger partial charge in [-0.1, -0.05) is 11.8 Å². The van der Waals surface area contributed by atoms with Gasteiger partial charge in [0.2, 0.25) is 0 Å². The molecule has 0 aromatic carbocycles. The molecule has 2 rings (SSSR count). The quantitative estimate of drug-likeness (QED) is 0.875. The Labute approximate surface area is 117 Å². The molecule has 0 saturated carbocycles. The van der Waals surface area contributed by atoms with E-state index < -0.39 is 5.97 Å². The highest BCUT2D eigenvalue weighted by Gasteiger charge is 2.05. The summed E-state index contributed by atoms with van der Waals surface area (Å²) in [5, 5.41) is 9.65. The maximum atomic E-state index is 10.7. The predicted octanol–water partition coefficient (Wildman–Crippen LogP) is 3.23. The SMILES string of the molecule is O=C(O)c1ccc(CSc2ncccc2Br)nc1. The molecule has 0 unspecified atom stereocenters. The van der Waals surface area contributed by atoms with Crippen LogP contribution in [0.1, 0.15) is 16.1 Å². The Kier molecular flexibility index (Phi) is 4.33. The summed E-state index contributed by atoms with van der Waals surface area (Å²) in [6.07, 6.45) is 3.10. The van der Waals surface area contributed by atoms with E-state index in [1.54, 1.807) is 30.1 Å². The summed E-state index contributed by atoms with van der Waals surface area (Å²) in [4.78, 5) is 19.0. The Morgan fingerprint density at radius 2 is 2.17 bits per heavy atom. The van der Waals surface area contributed by atoms with Crippen LogP contribution in [0.2, 0.25) is 0 Å². The number of carbonyl (C=O) groups is 1. The number of halogens is 1. The summed E-state index contributed by atoms with van der Waals surface area (Å²) >= 11 is 4.97. The number of carboxylic acid groups (broad SMARTS) is 1. The van der Waals surface area contributed by atoms with Crippen LogP contribution < -0.4 is 0 Å². The molecule has 0 aliphatic heterocycles. The van der Waals surface area contributed by atoms with E-state index in [9.17, 15) is 4.79 Å². The van der Waals surface area contributed by atoms with Crippen LogP contribution in [0.15, 0.2) is 46.2 Å². The van der Waals surface area contributed by atoms with Gasteiger partial charge in [0.25, 0.3) is 0 Å². The molecule has 0 atom stereocenters. The molecule has 92 valence electrons. The van der Waals surface area contributed by atoms with Gasteiger partial charge in [0, 0.05) is 22.6 Å². The van der Waals surface area contributed by atoms with E-state index in [2.05, 4.69) is 25.9 Å². The van der Waals surface area contributed by atoms with Crippen molar-refractivity contribution in [3.63, 3.8) is 0 Å². The summed E-state index contributed by atoms with van der Waals surface area (Å²) in [6.45, 7) is 0. The highest BCUT2D eigenvalue weighted by molar-refractivity contribution is 9.10. The first-order valence-electron chi connectivity index (χ1n) is 5.08. The van der Waals surface area contributed by atoms with Crippen LogP contribution >= 0.6 is 27.7 Å². The number of aromatic carboxylic acids is 1. The van der Waals surface area contributed by atoms with E-state index >= 15 is 0 Å². The van der Waals surface area contributed by atoms with Gasteiger partial charge in [-0.3, -0.25) is 4.98 Å². The van der Waals surface area contributed by atoms with Crippen molar-refractivity contribution in [2.45, 2.75) is 10.8 Å². The number of thioether (sulfide) groups is 1. The maximum absolute atomic E-state index is 10.7. The van der Waals surface area contributed by atoms with Crippen LogP contribution in [0.5, 0.6) is 0 Å². The Morgan fingerprint density at radius 1 is 1.33 bits per heavy atom. The Hall–Kier alpha value is -1.40. The summed E-state index contributed by atoms with van der Waals surface area (Å²) in [7, 11) is 0. The van der Waals surface area contributed by atoms with Gasteiger partial charge in [0.15, 0.2) is 0 Å². The van der Waals surface area contributed by atoms with E-state index in [4.69, 9.17) is 5.11 Å². The molecule has 0 aliphatic rings. The molecule has 2 aromatic rings. The van der Waals surface area contributed by atoms with Crippen LogP contribution in [-0.4, -0.2) is 21.0 Å². The van der Waals surface area contributed by atoms with Crippen molar-refractivity contribution in [1.29, 1.82) is 0 Å². The molecule has 1 N–H and O–H groups in total. The lowest BCUT2D eigenvalue weighted by molar-refractivity contribution is 0.0696. The largest absolute Gasteiger partial charge is 0.478 e. The molecule has 0 aliphatic carbocycles. The third-order valence-electron chi connectivity index (χ3n) is 2.15. The number of aromatic nitrogens is 2. The number of nitrogens with zero attached hydrogens (tertiary/aromatic N) is 2. The van der Waals surface area contributed by atoms with Gasteiger partial charge in [-0.05, 0) is 40.2 Å². The second kappa shape index (κ2) is 5.97. The first-order valence-corrected chi connectivity index (χ1v) is 6.86. The molecular formula is C12H9BrN2O2S. The fraction of sp³-hybridized carbons (Fsp3) is 0.0833. The fourth-order valence-electron chi connectivity index (χ4n) is 1.26. The van der Waals surface area contributed by atoms with Crippen molar-refractivity contribution in [1.82, 2.24) is 9.97 Å². The zero-order valence-corrected chi connectivity index (χ0v) is 11.6. The lowest BCUT2D eigenvalue weighted by atomic mass is 10.2. The van der Waals surface area contributed by atoms with Crippen molar-refractivity contribution >= 4 is 33.7 Å². The highest BCUT2D eigenvalue weighted by atomic mass is 79.9. The topological polar surface area (TPSA) is 63.1 Å². The van der Waals surface area contributed by atoms with Crippen LogP contribution in [0.3, 0.4) is 0 Å². The lowest BCUT2D eigenvalue weighted by Crippen LogP contribution is -1.98. The smallest absolute Gasteiger partial charge is 0.337 e. The second-order valence-electron chi connectivity index (χ2n) is 3.42. The van der Waals surface area contributed by atoms with Crippen LogP contribution in [0, 0.1) is 0 Å². The first kappa shape index (κ1) is 13.0. The molecule has 0 amide bonds. The number of hydrogen-bond acceptors (Lipinski definition) is 4. The number of hydrogen-bond donors (Lipinski definition) is 1. The van der Waals surface area contributed by atoms with E-state index in [0.29, 0.717) is 5.75 Å². The third kappa shape index (κ3) is 3.30. The maximum Gasteiger partial charge on any atom is 0.337 e. The Bertz CT molecular complexity index is 560. The van der Waals surface area contributed by atoms with Gasteiger partial charge in [0.05, 0.1) is 11.3 Å². The van der Waals surface area contributed by atoms with E-state index in [1.165, 1.54) is 6.20 Å². The van der Waals surface area contributed by atoms with Crippen molar-refractivity contribution < 1.29 is 9.90 Å². The van der Waals surface area contributed by atoms with E-state index in [1.807, 2.05) is 12.1 Å². The van der Waals surface area contributed by atoms with Crippen LogP contribution in [0.4, 0.5) is 0 Å². The standard InChI is InChI=1S/C12H9BrN2O2S/c13-10-2-1-5-14-11(10)18-7-9-4-3-8(6-15-9)12(16)17/h1-6H,7H2,(H,16,17). The van der Waals surface area contributed by atoms with Gasteiger partial charge in [-0.15, -0.1) is 0 Å². The van der Waals surface area contributed by atoms with E-state index in [-0.39, 0.29) is 5.56 Å². The van der Waals surface area contributed by atoms with Gasteiger partial charge in [0.1, 0.15) is 5.03 Å². The molecule has 0 spiro atoms. The lowest BCUT2D eigenvalue weighted by Gasteiger charge is -2.03.